The summed E-state index contributed by atoms with van der Waals surface area (Å²) in [7, 11) is 0. The first-order valence-corrected chi connectivity index (χ1v) is 8.83. The number of epoxide rings is 1. The third-order valence-corrected chi connectivity index (χ3v) is 5.78. The zero-order chi connectivity index (χ0) is 17.5. The number of carbonyl (C=O) groups is 1. The lowest BCUT2D eigenvalue weighted by Gasteiger charge is -2.31. The quantitative estimate of drug-likeness (QED) is 0.373. The first-order chi connectivity index (χ1) is 11.3. The lowest BCUT2D eigenvalue weighted by molar-refractivity contribution is -0.149. The van der Waals surface area contributed by atoms with E-state index in [4.69, 9.17) is 9.47 Å². The smallest absolute Gasteiger partial charge is 0.314 e. The molecule has 0 spiro atoms. The molecule has 0 amide bonds. The van der Waals surface area contributed by atoms with Crippen LogP contribution in [0, 0.1) is 11.8 Å². The molecule has 3 fully saturated rings. The maximum atomic E-state index is 12.6. The molecule has 3 aliphatic rings. The van der Waals surface area contributed by atoms with Crippen LogP contribution < -0.4 is 0 Å². The molecule has 5 atom stereocenters. The summed E-state index contributed by atoms with van der Waals surface area (Å²) in [6, 6.07) is 0. The van der Waals surface area contributed by atoms with Crippen LogP contribution in [0.15, 0.2) is 36.0 Å². The maximum absolute atomic E-state index is 12.6. The number of hydrogen-bond donors (Lipinski definition) is 1. The van der Waals surface area contributed by atoms with E-state index >= 15 is 0 Å². The summed E-state index contributed by atoms with van der Waals surface area (Å²) in [5.74, 6) is -0.666. The first-order valence-electron chi connectivity index (χ1n) is 8.83. The molecule has 2 aliphatic heterocycles. The van der Waals surface area contributed by atoms with E-state index in [0.29, 0.717) is 0 Å². The number of hydrogen-bond acceptors (Lipinski definition) is 4. The van der Waals surface area contributed by atoms with E-state index in [1.54, 1.807) is 0 Å². The molecule has 3 rings (SSSR count). The predicted molar refractivity (Wildman–Crippen MR) is 92.3 cm³/mol. The average molecular weight is 332 g/mol. The first kappa shape index (κ1) is 17.4. The van der Waals surface area contributed by atoms with Gasteiger partial charge in [0.2, 0.25) is 0 Å². The molecule has 24 heavy (non-hydrogen) atoms. The summed E-state index contributed by atoms with van der Waals surface area (Å²) in [5.41, 5.74) is 1.02. The van der Waals surface area contributed by atoms with Gasteiger partial charge in [0.25, 0.3) is 0 Å². The number of aliphatic hydroxyl groups is 1. The Balaban J connectivity index is 1.92. The second-order valence-electron chi connectivity index (χ2n) is 7.88. The summed E-state index contributed by atoms with van der Waals surface area (Å²) in [5, 5.41) is 10.1. The largest absolute Gasteiger partial charge is 0.452 e. The Morgan fingerprint density at radius 2 is 2.17 bits per heavy atom. The summed E-state index contributed by atoms with van der Waals surface area (Å²) < 4.78 is 11.6. The maximum Gasteiger partial charge on any atom is 0.314 e. The molecule has 4 nitrogen and oxygen atoms in total. The van der Waals surface area contributed by atoms with E-state index in [0.717, 1.165) is 36.8 Å². The number of cyclic esters (lactones) is 1. The molecule has 2 saturated heterocycles. The molecule has 1 aliphatic carbocycles. The van der Waals surface area contributed by atoms with Gasteiger partial charge in [-0.25, -0.2) is 0 Å². The van der Waals surface area contributed by atoms with Crippen LogP contribution in [-0.2, 0) is 14.3 Å². The van der Waals surface area contributed by atoms with Gasteiger partial charge in [-0.3, -0.25) is 4.79 Å². The Labute approximate surface area is 144 Å². The summed E-state index contributed by atoms with van der Waals surface area (Å²) in [4.78, 5) is 12.6. The monoisotopic (exact) mass is 332 g/mol. The summed E-state index contributed by atoms with van der Waals surface area (Å²) in [6.07, 6.45) is 9.30. The number of allylic oxidation sites excluding steroid dienone is 3. The van der Waals surface area contributed by atoms with Crippen LogP contribution in [0.2, 0.25) is 0 Å². The van der Waals surface area contributed by atoms with Crippen molar-refractivity contribution in [3.63, 3.8) is 0 Å². The highest BCUT2D eigenvalue weighted by Crippen LogP contribution is 2.52. The van der Waals surface area contributed by atoms with E-state index in [2.05, 4.69) is 13.5 Å². The fourth-order valence-corrected chi connectivity index (χ4v) is 4.19. The highest BCUT2D eigenvalue weighted by molar-refractivity contribution is 5.79. The Morgan fingerprint density at radius 3 is 2.83 bits per heavy atom. The molecule has 4 heteroatoms. The number of fused-ring (bicyclic) bond motifs is 2. The summed E-state index contributed by atoms with van der Waals surface area (Å²) >= 11 is 0. The molecule has 0 aromatic heterocycles. The topological polar surface area (TPSA) is 59.1 Å². The summed E-state index contributed by atoms with van der Waals surface area (Å²) in [6.45, 7) is 10.1. The lowest BCUT2D eigenvalue weighted by atomic mass is 9.74. The van der Waals surface area contributed by atoms with Crippen molar-refractivity contribution in [2.24, 2.45) is 11.8 Å². The predicted octanol–water partition coefficient (Wildman–Crippen LogP) is 3.32. The normalized spacial score (nSPS) is 41.8. The molecule has 1 N–H and O–H groups in total. The lowest BCUT2D eigenvalue weighted by Crippen LogP contribution is -2.39. The van der Waals surface area contributed by atoms with Crippen molar-refractivity contribution in [2.45, 2.75) is 63.8 Å². The van der Waals surface area contributed by atoms with Gasteiger partial charge in [0.15, 0.2) is 5.60 Å². The Bertz CT molecular complexity index is 601. The third-order valence-electron chi connectivity index (χ3n) is 5.78. The minimum absolute atomic E-state index is 0.0916. The van der Waals surface area contributed by atoms with Crippen molar-refractivity contribution in [3.05, 3.63) is 36.0 Å². The average Bonchev–Trinajstić information content (AvgIpc) is 3.06. The van der Waals surface area contributed by atoms with Gasteiger partial charge in [0.05, 0.1) is 24.2 Å². The Kier molecular flexibility index (Phi) is 4.47. The van der Waals surface area contributed by atoms with Gasteiger partial charge in [0, 0.05) is 5.92 Å². The van der Waals surface area contributed by atoms with E-state index < -0.39 is 5.60 Å². The Morgan fingerprint density at radius 1 is 1.42 bits per heavy atom. The van der Waals surface area contributed by atoms with Crippen LogP contribution in [0.4, 0.5) is 0 Å². The van der Waals surface area contributed by atoms with Crippen LogP contribution in [0.3, 0.4) is 0 Å². The fraction of sp³-hybridized carbons (Fsp3) is 0.650. The molecule has 0 radical (unpaired) electrons. The molecule has 0 aromatic rings. The van der Waals surface area contributed by atoms with E-state index in [9.17, 15) is 9.90 Å². The van der Waals surface area contributed by atoms with Crippen LogP contribution in [0.1, 0.15) is 46.5 Å². The molecule has 0 aromatic carbocycles. The minimum atomic E-state index is -0.957. The van der Waals surface area contributed by atoms with Gasteiger partial charge in [-0.2, -0.15) is 0 Å². The Hall–Kier alpha value is -1.39. The molecule has 132 valence electrons. The highest BCUT2D eigenvalue weighted by atomic mass is 16.6. The van der Waals surface area contributed by atoms with Crippen molar-refractivity contribution < 1.29 is 19.4 Å². The second-order valence-corrected chi connectivity index (χ2v) is 7.88. The number of esters is 1. The van der Waals surface area contributed by atoms with Gasteiger partial charge in [-0.15, -0.1) is 0 Å². The molecular formula is C20H28O4. The van der Waals surface area contributed by atoms with Gasteiger partial charge in [-0.1, -0.05) is 29.9 Å². The van der Waals surface area contributed by atoms with Crippen molar-refractivity contribution in [3.8, 4) is 0 Å². The van der Waals surface area contributed by atoms with Crippen molar-refractivity contribution in [1.29, 1.82) is 0 Å². The van der Waals surface area contributed by atoms with E-state index in [1.165, 1.54) is 0 Å². The zero-order valence-corrected chi connectivity index (χ0v) is 14.9. The van der Waals surface area contributed by atoms with Crippen LogP contribution in [-0.4, -0.2) is 35.0 Å². The van der Waals surface area contributed by atoms with Crippen molar-refractivity contribution in [1.82, 2.24) is 0 Å². The molecule has 0 unspecified atom stereocenters. The van der Waals surface area contributed by atoms with Crippen LogP contribution >= 0.6 is 0 Å². The number of rotatable bonds is 3. The number of aliphatic hydroxyl groups excluding tert-OH is 1. The van der Waals surface area contributed by atoms with Crippen LogP contribution in [0.5, 0.6) is 0 Å². The van der Waals surface area contributed by atoms with Crippen molar-refractivity contribution >= 4 is 5.97 Å². The van der Waals surface area contributed by atoms with E-state index in [1.807, 2.05) is 32.1 Å². The molecular weight excluding hydrogens is 304 g/mol. The minimum Gasteiger partial charge on any atom is -0.452 e. The fourth-order valence-electron chi connectivity index (χ4n) is 4.19. The second kappa shape index (κ2) is 6.16. The zero-order valence-electron chi connectivity index (χ0n) is 14.9. The molecule has 0 bridgehead atoms. The highest BCUT2D eigenvalue weighted by Gasteiger charge is 2.58. The van der Waals surface area contributed by atoms with Crippen LogP contribution in [0.25, 0.3) is 0 Å². The molecule has 1 saturated carbocycles. The van der Waals surface area contributed by atoms with Gasteiger partial charge in [0.1, 0.15) is 0 Å². The molecule has 2 heterocycles. The van der Waals surface area contributed by atoms with Gasteiger partial charge < -0.3 is 14.6 Å². The number of carbonyl (C=O) groups excluding carboxylic acids is 1. The van der Waals surface area contributed by atoms with Gasteiger partial charge >= 0.3 is 5.97 Å². The third kappa shape index (κ3) is 2.98. The standard InChI is InChI=1S/C20H28O4/c1-13(2)6-5-10-20(12-21)15-9-11-19(4)16(23-19)8-7-14(3)17(15)18(22)24-20/h5-6,10,15-17,21H,3,7-9,11-12H2,1-2,4H3/b10-5+/t15-,16-,17-,19-,20-/m0/s1. The van der Waals surface area contributed by atoms with Gasteiger partial charge in [-0.05, 0) is 52.5 Å². The van der Waals surface area contributed by atoms with Crippen molar-refractivity contribution in [2.75, 3.05) is 6.61 Å². The number of ether oxygens (including phenoxy) is 2. The SMILES string of the molecule is C=C1CC[C@@H]2O[C@@]2(C)CC[C@H]2[C@H]1C(=O)O[C@@]2(/C=C/C=C(C)C)CO. The van der Waals surface area contributed by atoms with E-state index in [-0.39, 0.29) is 36.1 Å².